The minimum atomic E-state index is -0.0641. The summed E-state index contributed by atoms with van der Waals surface area (Å²) in [6.07, 6.45) is 2.06. The molecule has 1 aromatic carbocycles. The number of aromatic nitrogens is 1. The van der Waals surface area contributed by atoms with E-state index in [2.05, 4.69) is 4.98 Å². The Morgan fingerprint density at radius 1 is 1.32 bits per heavy atom. The van der Waals surface area contributed by atoms with E-state index in [1.54, 1.807) is 14.2 Å². The molecule has 0 saturated carbocycles. The van der Waals surface area contributed by atoms with Crippen LogP contribution in [0, 0.1) is 0 Å². The molecule has 1 fully saturated rings. The van der Waals surface area contributed by atoms with E-state index in [1.165, 1.54) is 0 Å². The lowest BCUT2D eigenvalue weighted by Gasteiger charge is -2.31. The van der Waals surface area contributed by atoms with Crippen LogP contribution in [0.15, 0.2) is 30.3 Å². The average Bonchev–Trinajstić information content (AvgIpc) is 2.60. The summed E-state index contributed by atoms with van der Waals surface area (Å²) in [4.78, 5) is 18.9. The maximum absolute atomic E-state index is 12.7. The number of benzene rings is 1. The lowest BCUT2D eigenvalue weighted by molar-refractivity contribution is 0.0265. The zero-order valence-electron chi connectivity index (χ0n) is 12.9. The third-order valence-electron chi connectivity index (χ3n) is 4.12. The molecule has 0 radical (unpaired) electrons. The van der Waals surface area contributed by atoms with Gasteiger partial charge in [-0.05, 0) is 30.4 Å². The molecule has 5 nitrogen and oxygen atoms in total. The highest BCUT2D eigenvalue weighted by Gasteiger charge is 2.25. The van der Waals surface area contributed by atoms with E-state index in [1.807, 2.05) is 35.2 Å². The SMILES string of the molecule is COc1nc(C(=O)N2CCCC(OC)C2)cc2ccccc12. The van der Waals surface area contributed by atoms with Crippen molar-refractivity contribution >= 4 is 16.7 Å². The van der Waals surface area contributed by atoms with Crippen molar-refractivity contribution in [3.05, 3.63) is 36.0 Å². The molecule has 1 aliphatic heterocycles. The summed E-state index contributed by atoms with van der Waals surface area (Å²) in [6.45, 7) is 1.36. The molecule has 1 unspecified atom stereocenters. The van der Waals surface area contributed by atoms with E-state index in [0.29, 0.717) is 18.1 Å². The molecule has 2 heterocycles. The zero-order valence-corrected chi connectivity index (χ0v) is 12.9. The Labute approximate surface area is 129 Å². The lowest BCUT2D eigenvalue weighted by atomic mass is 10.1. The Hall–Kier alpha value is -2.14. The van der Waals surface area contributed by atoms with E-state index in [0.717, 1.165) is 30.2 Å². The van der Waals surface area contributed by atoms with Crippen molar-refractivity contribution in [1.82, 2.24) is 9.88 Å². The first-order valence-corrected chi connectivity index (χ1v) is 7.48. The normalized spacial score (nSPS) is 18.5. The zero-order chi connectivity index (χ0) is 15.5. The van der Waals surface area contributed by atoms with Crippen LogP contribution in [0.4, 0.5) is 0 Å². The molecule has 0 aliphatic carbocycles. The number of carbonyl (C=O) groups excluding carboxylic acids is 1. The Morgan fingerprint density at radius 3 is 2.91 bits per heavy atom. The van der Waals surface area contributed by atoms with Crippen LogP contribution in [0.1, 0.15) is 23.3 Å². The summed E-state index contributed by atoms with van der Waals surface area (Å²) in [5.41, 5.74) is 0.423. The van der Waals surface area contributed by atoms with Gasteiger partial charge in [-0.25, -0.2) is 4.98 Å². The molecule has 2 aromatic rings. The minimum absolute atomic E-state index is 0.0641. The predicted octanol–water partition coefficient (Wildman–Crippen LogP) is 2.49. The van der Waals surface area contributed by atoms with Gasteiger partial charge in [0.2, 0.25) is 5.88 Å². The van der Waals surface area contributed by atoms with Crippen molar-refractivity contribution in [3.8, 4) is 5.88 Å². The van der Waals surface area contributed by atoms with Crippen LogP contribution < -0.4 is 4.74 Å². The third kappa shape index (κ3) is 2.76. The van der Waals surface area contributed by atoms with Crippen molar-refractivity contribution < 1.29 is 14.3 Å². The fourth-order valence-corrected chi connectivity index (χ4v) is 2.91. The molecular weight excluding hydrogens is 280 g/mol. The van der Waals surface area contributed by atoms with Crippen molar-refractivity contribution in [2.24, 2.45) is 0 Å². The summed E-state index contributed by atoms with van der Waals surface area (Å²) in [6, 6.07) is 9.61. The van der Waals surface area contributed by atoms with Crippen molar-refractivity contribution in [2.45, 2.75) is 18.9 Å². The molecule has 5 heteroatoms. The fraction of sp³-hybridized carbons (Fsp3) is 0.412. The maximum atomic E-state index is 12.7. The topological polar surface area (TPSA) is 51.7 Å². The fourth-order valence-electron chi connectivity index (χ4n) is 2.91. The summed E-state index contributed by atoms with van der Waals surface area (Å²) in [7, 11) is 3.26. The van der Waals surface area contributed by atoms with Gasteiger partial charge in [-0.3, -0.25) is 4.79 Å². The van der Waals surface area contributed by atoms with Gasteiger partial charge in [0.25, 0.3) is 5.91 Å². The highest BCUT2D eigenvalue weighted by molar-refractivity contribution is 5.98. The van der Waals surface area contributed by atoms with E-state index in [4.69, 9.17) is 9.47 Å². The van der Waals surface area contributed by atoms with E-state index >= 15 is 0 Å². The van der Waals surface area contributed by atoms with Crippen LogP contribution in [-0.4, -0.2) is 49.2 Å². The molecule has 1 aliphatic rings. The molecule has 0 bridgehead atoms. The highest BCUT2D eigenvalue weighted by Crippen LogP contribution is 2.25. The van der Waals surface area contributed by atoms with Crippen molar-refractivity contribution in [2.75, 3.05) is 27.3 Å². The van der Waals surface area contributed by atoms with Gasteiger partial charge in [-0.2, -0.15) is 0 Å². The molecule has 1 aromatic heterocycles. The minimum Gasteiger partial charge on any atom is -0.481 e. The summed E-state index contributed by atoms with van der Waals surface area (Å²) < 4.78 is 10.7. The van der Waals surface area contributed by atoms with Gasteiger partial charge in [0.1, 0.15) is 5.69 Å². The van der Waals surface area contributed by atoms with Crippen LogP contribution in [0.3, 0.4) is 0 Å². The lowest BCUT2D eigenvalue weighted by Crippen LogP contribution is -2.43. The van der Waals surface area contributed by atoms with Gasteiger partial charge in [0, 0.05) is 25.6 Å². The monoisotopic (exact) mass is 300 g/mol. The van der Waals surface area contributed by atoms with E-state index in [9.17, 15) is 4.79 Å². The van der Waals surface area contributed by atoms with Crippen LogP contribution in [0.2, 0.25) is 0 Å². The number of pyridine rings is 1. The first kappa shape index (κ1) is 14.8. The standard InChI is InChI=1S/C17H20N2O3/c1-21-13-7-5-9-19(11-13)17(20)15-10-12-6-3-4-8-14(12)16(18-15)22-2/h3-4,6,8,10,13H,5,7,9,11H2,1-2H3. The van der Waals surface area contributed by atoms with Gasteiger partial charge < -0.3 is 14.4 Å². The largest absolute Gasteiger partial charge is 0.481 e. The number of fused-ring (bicyclic) bond motifs is 1. The average molecular weight is 300 g/mol. The Kier molecular flexibility index (Phi) is 4.24. The summed E-state index contributed by atoms with van der Waals surface area (Å²) in [5, 5.41) is 1.87. The molecule has 1 amide bonds. The van der Waals surface area contributed by atoms with Crippen LogP contribution >= 0.6 is 0 Å². The summed E-state index contributed by atoms with van der Waals surface area (Å²) >= 11 is 0. The Morgan fingerprint density at radius 2 is 2.14 bits per heavy atom. The third-order valence-corrected chi connectivity index (χ3v) is 4.12. The quantitative estimate of drug-likeness (QED) is 0.874. The molecule has 22 heavy (non-hydrogen) atoms. The van der Waals surface area contributed by atoms with Crippen molar-refractivity contribution in [3.63, 3.8) is 0 Å². The van der Waals surface area contributed by atoms with Gasteiger partial charge in [0.15, 0.2) is 0 Å². The number of amides is 1. The molecule has 0 spiro atoms. The summed E-state index contributed by atoms with van der Waals surface area (Å²) in [5.74, 6) is 0.424. The number of rotatable bonds is 3. The molecular formula is C17H20N2O3. The number of likely N-dealkylation sites (tertiary alicyclic amines) is 1. The van der Waals surface area contributed by atoms with Crippen LogP contribution in [0.25, 0.3) is 10.8 Å². The van der Waals surface area contributed by atoms with Gasteiger partial charge >= 0.3 is 0 Å². The van der Waals surface area contributed by atoms with Crippen LogP contribution in [-0.2, 0) is 4.74 Å². The van der Waals surface area contributed by atoms with E-state index < -0.39 is 0 Å². The number of hydrogen-bond donors (Lipinski definition) is 0. The predicted molar refractivity (Wildman–Crippen MR) is 84.2 cm³/mol. The van der Waals surface area contributed by atoms with Crippen LogP contribution in [0.5, 0.6) is 5.88 Å². The second-order valence-corrected chi connectivity index (χ2v) is 5.49. The maximum Gasteiger partial charge on any atom is 0.272 e. The molecule has 1 saturated heterocycles. The molecule has 1 atom stereocenters. The number of carbonyl (C=O) groups is 1. The Balaban J connectivity index is 1.93. The molecule has 0 N–H and O–H groups in total. The smallest absolute Gasteiger partial charge is 0.272 e. The number of hydrogen-bond acceptors (Lipinski definition) is 4. The van der Waals surface area contributed by atoms with E-state index in [-0.39, 0.29) is 12.0 Å². The first-order chi connectivity index (χ1) is 10.7. The number of methoxy groups -OCH3 is 2. The van der Waals surface area contributed by atoms with Gasteiger partial charge in [0.05, 0.1) is 13.2 Å². The molecule has 116 valence electrons. The highest BCUT2D eigenvalue weighted by atomic mass is 16.5. The second-order valence-electron chi connectivity index (χ2n) is 5.49. The van der Waals surface area contributed by atoms with Crippen molar-refractivity contribution in [1.29, 1.82) is 0 Å². The first-order valence-electron chi connectivity index (χ1n) is 7.48. The number of ether oxygens (including phenoxy) is 2. The second kappa shape index (κ2) is 6.32. The van der Waals surface area contributed by atoms with Gasteiger partial charge in [-0.1, -0.05) is 18.2 Å². The Bertz CT molecular complexity index is 687. The number of nitrogens with zero attached hydrogens (tertiary/aromatic N) is 2. The number of piperidine rings is 1. The van der Waals surface area contributed by atoms with Gasteiger partial charge in [-0.15, -0.1) is 0 Å². The molecule has 3 rings (SSSR count).